The Morgan fingerprint density at radius 1 is 1.28 bits per heavy atom. The number of hydrogen-bond acceptors (Lipinski definition) is 3. The van der Waals surface area contributed by atoms with E-state index in [0.29, 0.717) is 24.5 Å². The second kappa shape index (κ2) is 8.09. The van der Waals surface area contributed by atoms with Gasteiger partial charge in [-0.1, -0.05) is 11.6 Å². The molecule has 6 heteroatoms. The number of nitrogens with zero attached hydrogens (tertiary/aromatic N) is 1. The van der Waals surface area contributed by atoms with Crippen molar-refractivity contribution in [1.82, 2.24) is 4.90 Å². The number of aryl methyl sites for hydroxylation is 1. The number of hydrogen-bond donors (Lipinski definition) is 1. The Morgan fingerprint density at radius 3 is 2.48 bits per heavy atom. The van der Waals surface area contributed by atoms with Crippen molar-refractivity contribution in [2.75, 3.05) is 18.4 Å². The van der Waals surface area contributed by atoms with Crippen LogP contribution in [0.3, 0.4) is 0 Å². The Morgan fingerprint density at radius 2 is 1.92 bits per heavy atom. The van der Waals surface area contributed by atoms with Crippen molar-refractivity contribution >= 4 is 29.3 Å². The molecule has 0 aromatic heterocycles. The van der Waals surface area contributed by atoms with Crippen molar-refractivity contribution in [2.45, 2.75) is 52.6 Å². The van der Waals surface area contributed by atoms with Crippen molar-refractivity contribution in [1.29, 1.82) is 0 Å². The first-order chi connectivity index (χ1) is 11.6. The number of rotatable bonds is 3. The lowest BCUT2D eigenvalue weighted by atomic mass is 9.93. The number of nitrogens with one attached hydrogen (secondary N) is 1. The molecule has 1 aromatic carbocycles. The van der Waals surface area contributed by atoms with E-state index < -0.39 is 5.60 Å². The van der Waals surface area contributed by atoms with Crippen LogP contribution >= 0.6 is 11.6 Å². The molecule has 1 aliphatic rings. The summed E-state index contributed by atoms with van der Waals surface area (Å²) in [7, 11) is 0. The second-order valence-electron chi connectivity index (χ2n) is 7.62. The number of piperidine rings is 1. The molecule has 1 saturated heterocycles. The van der Waals surface area contributed by atoms with Gasteiger partial charge in [0.15, 0.2) is 0 Å². The van der Waals surface area contributed by atoms with Crippen molar-refractivity contribution in [3.05, 3.63) is 28.8 Å². The normalized spacial score (nSPS) is 15.8. The quantitative estimate of drug-likeness (QED) is 0.848. The molecule has 0 bridgehead atoms. The molecule has 1 fully saturated rings. The van der Waals surface area contributed by atoms with E-state index >= 15 is 0 Å². The maximum Gasteiger partial charge on any atom is 0.410 e. The first-order valence-corrected chi connectivity index (χ1v) is 9.06. The van der Waals surface area contributed by atoms with Crippen molar-refractivity contribution in [3.63, 3.8) is 0 Å². The minimum absolute atomic E-state index is 0.00106. The molecule has 25 heavy (non-hydrogen) atoms. The highest BCUT2D eigenvalue weighted by Crippen LogP contribution is 2.24. The lowest BCUT2D eigenvalue weighted by molar-refractivity contribution is -0.117. The van der Waals surface area contributed by atoms with Gasteiger partial charge in [0.2, 0.25) is 5.91 Å². The highest BCUT2D eigenvalue weighted by Gasteiger charge is 2.27. The smallest absolute Gasteiger partial charge is 0.410 e. The van der Waals surface area contributed by atoms with Crippen LogP contribution in [-0.4, -0.2) is 35.6 Å². The number of likely N-dealkylation sites (tertiary alicyclic amines) is 1. The molecule has 1 heterocycles. The third kappa shape index (κ3) is 6.24. The van der Waals surface area contributed by atoms with Crippen LogP contribution in [0.4, 0.5) is 10.5 Å². The average molecular weight is 367 g/mol. The first-order valence-electron chi connectivity index (χ1n) is 8.68. The summed E-state index contributed by atoms with van der Waals surface area (Å²) in [6.45, 7) is 8.77. The van der Waals surface area contributed by atoms with Gasteiger partial charge in [0.05, 0.1) is 0 Å². The summed E-state index contributed by atoms with van der Waals surface area (Å²) in [5.74, 6) is 0.285. The third-order valence-electron chi connectivity index (χ3n) is 4.20. The van der Waals surface area contributed by atoms with Crippen LogP contribution in [0.15, 0.2) is 18.2 Å². The van der Waals surface area contributed by atoms with Gasteiger partial charge in [0, 0.05) is 30.2 Å². The number of anilines is 1. The summed E-state index contributed by atoms with van der Waals surface area (Å²) >= 11 is 5.93. The van der Waals surface area contributed by atoms with Gasteiger partial charge in [-0.15, -0.1) is 0 Å². The zero-order chi connectivity index (χ0) is 18.6. The number of halogens is 1. The van der Waals surface area contributed by atoms with Gasteiger partial charge in [-0.2, -0.15) is 0 Å². The van der Waals surface area contributed by atoms with E-state index in [9.17, 15) is 9.59 Å². The Kier molecular flexibility index (Phi) is 6.33. The van der Waals surface area contributed by atoms with Gasteiger partial charge in [0.25, 0.3) is 0 Å². The highest BCUT2D eigenvalue weighted by atomic mass is 35.5. The molecule has 2 amide bonds. The van der Waals surface area contributed by atoms with Crippen LogP contribution in [0.25, 0.3) is 0 Å². The van der Waals surface area contributed by atoms with Crippen LogP contribution in [0.2, 0.25) is 5.02 Å². The second-order valence-corrected chi connectivity index (χ2v) is 8.06. The Balaban J connectivity index is 1.79. The van der Waals surface area contributed by atoms with E-state index in [-0.39, 0.29) is 17.9 Å². The Bertz CT molecular complexity index is 632. The van der Waals surface area contributed by atoms with Gasteiger partial charge >= 0.3 is 6.09 Å². The van der Waals surface area contributed by atoms with Crippen LogP contribution < -0.4 is 5.32 Å². The average Bonchev–Trinajstić information content (AvgIpc) is 2.49. The van der Waals surface area contributed by atoms with Crippen molar-refractivity contribution in [3.8, 4) is 0 Å². The maximum absolute atomic E-state index is 12.3. The molecule has 138 valence electrons. The van der Waals surface area contributed by atoms with E-state index in [4.69, 9.17) is 16.3 Å². The number of benzene rings is 1. The predicted molar refractivity (Wildman–Crippen MR) is 100.0 cm³/mol. The Hall–Kier alpha value is -1.75. The molecule has 0 spiro atoms. The molecule has 5 nitrogen and oxygen atoms in total. The summed E-state index contributed by atoms with van der Waals surface area (Å²) in [5, 5.41) is 3.60. The van der Waals surface area contributed by atoms with Gasteiger partial charge in [-0.05, 0) is 70.2 Å². The van der Waals surface area contributed by atoms with Crippen molar-refractivity contribution < 1.29 is 14.3 Å². The topological polar surface area (TPSA) is 58.6 Å². The summed E-state index contributed by atoms with van der Waals surface area (Å²) in [6, 6.07) is 5.42. The van der Waals surface area contributed by atoms with Gasteiger partial charge in [-0.25, -0.2) is 4.79 Å². The minimum atomic E-state index is -0.482. The van der Waals surface area contributed by atoms with E-state index in [1.165, 1.54) is 0 Å². The van der Waals surface area contributed by atoms with Gasteiger partial charge in [0.1, 0.15) is 5.60 Å². The minimum Gasteiger partial charge on any atom is -0.444 e. The van der Waals surface area contributed by atoms with Crippen LogP contribution in [0, 0.1) is 12.8 Å². The molecular weight excluding hydrogens is 340 g/mol. The standard InChI is InChI=1S/C19H27ClN2O3/c1-13-11-15(20)5-6-16(13)21-17(23)12-14-7-9-22(10-8-14)18(24)25-19(2,3)4/h5-6,11,14H,7-10,12H2,1-4H3,(H,21,23). The van der Waals surface area contributed by atoms with Gasteiger partial charge < -0.3 is 15.0 Å². The van der Waals surface area contributed by atoms with E-state index in [0.717, 1.165) is 24.1 Å². The summed E-state index contributed by atoms with van der Waals surface area (Å²) in [5.41, 5.74) is 1.26. The highest BCUT2D eigenvalue weighted by molar-refractivity contribution is 6.30. The molecule has 1 aliphatic heterocycles. The van der Waals surface area contributed by atoms with E-state index in [2.05, 4.69) is 5.32 Å². The monoisotopic (exact) mass is 366 g/mol. The molecule has 2 rings (SSSR count). The molecule has 1 N–H and O–H groups in total. The molecular formula is C19H27ClN2O3. The molecule has 0 aliphatic carbocycles. The fraction of sp³-hybridized carbons (Fsp3) is 0.579. The zero-order valence-corrected chi connectivity index (χ0v) is 16.2. The maximum atomic E-state index is 12.3. The molecule has 0 radical (unpaired) electrons. The lowest BCUT2D eigenvalue weighted by Crippen LogP contribution is -2.42. The van der Waals surface area contributed by atoms with Crippen LogP contribution in [0.5, 0.6) is 0 Å². The molecule has 0 atom stereocenters. The van der Waals surface area contributed by atoms with Gasteiger partial charge in [-0.3, -0.25) is 4.79 Å². The van der Waals surface area contributed by atoms with Crippen molar-refractivity contribution in [2.24, 2.45) is 5.92 Å². The number of carbonyl (C=O) groups excluding carboxylic acids is 2. The molecule has 0 unspecified atom stereocenters. The number of carbonyl (C=O) groups is 2. The summed E-state index contributed by atoms with van der Waals surface area (Å²) < 4.78 is 5.39. The fourth-order valence-corrected chi connectivity index (χ4v) is 3.10. The lowest BCUT2D eigenvalue weighted by Gasteiger charge is -2.33. The summed E-state index contributed by atoms with van der Waals surface area (Å²) in [6.07, 6.45) is 1.81. The first kappa shape index (κ1) is 19.6. The van der Waals surface area contributed by atoms with E-state index in [1.54, 1.807) is 11.0 Å². The Labute approximate surface area is 154 Å². The van der Waals surface area contributed by atoms with E-state index in [1.807, 2.05) is 39.8 Å². The zero-order valence-electron chi connectivity index (χ0n) is 15.4. The number of amides is 2. The largest absolute Gasteiger partial charge is 0.444 e. The van der Waals surface area contributed by atoms with Crippen LogP contribution in [-0.2, 0) is 9.53 Å². The van der Waals surface area contributed by atoms with Crippen LogP contribution in [0.1, 0.15) is 45.6 Å². The fourth-order valence-electron chi connectivity index (χ4n) is 2.88. The molecule has 0 saturated carbocycles. The summed E-state index contributed by atoms with van der Waals surface area (Å²) in [4.78, 5) is 26.1. The predicted octanol–water partition coefficient (Wildman–Crippen LogP) is 4.62. The SMILES string of the molecule is Cc1cc(Cl)ccc1NC(=O)CC1CCN(C(=O)OC(C)(C)C)CC1. The molecule has 1 aromatic rings. The third-order valence-corrected chi connectivity index (χ3v) is 4.44. The number of ether oxygens (including phenoxy) is 1.